The summed E-state index contributed by atoms with van der Waals surface area (Å²) >= 11 is 6.14. The van der Waals surface area contributed by atoms with Crippen molar-refractivity contribution in [2.24, 2.45) is 0 Å². The molecule has 1 saturated heterocycles. The van der Waals surface area contributed by atoms with Crippen LogP contribution in [0.3, 0.4) is 0 Å². The van der Waals surface area contributed by atoms with Gasteiger partial charge < -0.3 is 14.7 Å². The topological polar surface area (TPSA) is 49.8 Å². The van der Waals surface area contributed by atoms with Gasteiger partial charge in [0.2, 0.25) is 5.91 Å². The third-order valence-electron chi connectivity index (χ3n) is 5.01. The van der Waals surface area contributed by atoms with E-state index in [1.807, 2.05) is 23.1 Å². The first kappa shape index (κ1) is 16.7. The summed E-state index contributed by atoms with van der Waals surface area (Å²) in [4.78, 5) is 15.0. The molecule has 1 unspecified atom stereocenters. The third-order valence-corrected chi connectivity index (χ3v) is 5.24. The standard InChI is InChI=1S/C18H24ClNO3/c19-15-6-4-5-14(13-15)16(18(22)7-2-1-3-8-18)17(21)20-9-11-23-12-10-20/h4-6,13,16,22H,1-3,7-12H2. The summed E-state index contributed by atoms with van der Waals surface area (Å²) in [5.41, 5.74) is -0.156. The molecule has 1 heterocycles. The highest BCUT2D eigenvalue weighted by Crippen LogP contribution is 2.41. The predicted octanol–water partition coefficient (Wildman–Crippen LogP) is 2.98. The summed E-state index contributed by atoms with van der Waals surface area (Å²) in [5.74, 6) is -0.542. The minimum atomic E-state index is -0.974. The van der Waals surface area contributed by atoms with Crippen molar-refractivity contribution in [3.05, 3.63) is 34.9 Å². The number of carbonyl (C=O) groups excluding carboxylic acids is 1. The van der Waals surface area contributed by atoms with Gasteiger partial charge in [0.15, 0.2) is 0 Å². The van der Waals surface area contributed by atoms with Gasteiger partial charge in [-0.2, -0.15) is 0 Å². The molecule has 1 N–H and O–H groups in total. The van der Waals surface area contributed by atoms with E-state index in [9.17, 15) is 9.90 Å². The second-order valence-electron chi connectivity index (χ2n) is 6.59. The van der Waals surface area contributed by atoms with Crippen LogP contribution in [0, 0.1) is 0 Å². The zero-order valence-corrected chi connectivity index (χ0v) is 14.1. The van der Waals surface area contributed by atoms with Gasteiger partial charge in [-0.3, -0.25) is 4.79 Å². The van der Waals surface area contributed by atoms with E-state index in [1.165, 1.54) is 0 Å². The molecule has 1 aliphatic heterocycles. The van der Waals surface area contributed by atoms with Gasteiger partial charge in [-0.05, 0) is 30.5 Å². The first-order valence-corrected chi connectivity index (χ1v) is 8.82. The maximum Gasteiger partial charge on any atom is 0.233 e. The number of morpholine rings is 1. The molecule has 1 amide bonds. The highest BCUT2D eigenvalue weighted by molar-refractivity contribution is 6.30. The number of hydrogen-bond donors (Lipinski definition) is 1. The van der Waals surface area contributed by atoms with Crippen LogP contribution < -0.4 is 0 Å². The summed E-state index contributed by atoms with van der Waals surface area (Å²) in [6.07, 6.45) is 4.38. The second kappa shape index (κ2) is 7.20. The van der Waals surface area contributed by atoms with Crippen LogP contribution in [0.2, 0.25) is 5.02 Å². The van der Waals surface area contributed by atoms with E-state index in [4.69, 9.17) is 16.3 Å². The van der Waals surface area contributed by atoms with Crippen molar-refractivity contribution in [1.29, 1.82) is 0 Å². The van der Waals surface area contributed by atoms with E-state index in [1.54, 1.807) is 6.07 Å². The maximum absolute atomic E-state index is 13.2. The minimum Gasteiger partial charge on any atom is -0.389 e. The lowest BCUT2D eigenvalue weighted by Gasteiger charge is -2.41. The minimum absolute atomic E-state index is 0.0000309. The molecule has 1 aromatic rings. The Labute approximate surface area is 142 Å². The fourth-order valence-electron chi connectivity index (χ4n) is 3.79. The second-order valence-corrected chi connectivity index (χ2v) is 7.03. The number of amides is 1. The Kier molecular flexibility index (Phi) is 5.24. The number of aliphatic hydroxyl groups is 1. The summed E-state index contributed by atoms with van der Waals surface area (Å²) in [5, 5.41) is 11.9. The van der Waals surface area contributed by atoms with Crippen LogP contribution in [-0.2, 0) is 9.53 Å². The molecule has 0 radical (unpaired) electrons. The fraction of sp³-hybridized carbons (Fsp3) is 0.611. The zero-order valence-electron chi connectivity index (χ0n) is 13.3. The van der Waals surface area contributed by atoms with Crippen LogP contribution in [-0.4, -0.2) is 47.8 Å². The van der Waals surface area contributed by atoms with Gasteiger partial charge in [0.25, 0.3) is 0 Å². The zero-order chi connectivity index (χ0) is 16.3. The van der Waals surface area contributed by atoms with Crippen molar-refractivity contribution in [3.63, 3.8) is 0 Å². The van der Waals surface area contributed by atoms with E-state index >= 15 is 0 Å². The fourth-order valence-corrected chi connectivity index (χ4v) is 3.99. The van der Waals surface area contributed by atoms with Crippen LogP contribution in [0.4, 0.5) is 0 Å². The van der Waals surface area contributed by atoms with E-state index < -0.39 is 11.5 Å². The van der Waals surface area contributed by atoms with Crippen LogP contribution in [0.25, 0.3) is 0 Å². The lowest BCUT2D eigenvalue weighted by molar-refractivity contribution is -0.145. The van der Waals surface area contributed by atoms with Crippen molar-refractivity contribution < 1.29 is 14.6 Å². The molecule has 1 aromatic carbocycles. The smallest absolute Gasteiger partial charge is 0.233 e. The lowest BCUT2D eigenvalue weighted by Crippen LogP contribution is -2.50. The number of benzene rings is 1. The summed E-state index contributed by atoms with van der Waals surface area (Å²) in [7, 11) is 0. The van der Waals surface area contributed by atoms with E-state index in [2.05, 4.69) is 0 Å². The Hall–Kier alpha value is -1.10. The van der Waals surface area contributed by atoms with Crippen molar-refractivity contribution in [2.75, 3.05) is 26.3 Å². The Morgan fingerprint density at radius 2 is 1.91 bits per heavy atom. The molecule has 1 saturated carbocycles. The van der Waals surface area contributed by atoms with Gasteiger partial charge in [0, 0.05) is 18.1 Å². The van der Waals surface area contributed by atoms with Crippen LogP contribution >= 0.6 is 11.6 Å². The van der Waals surface area contributed by atoms with Gasteiger partial charge in [-0.1, -0.05) is 43.0 Å². The number of hydrogen-bond acceptors (Lipinski definition) is 3. The number of nitrogens with zero attached hydrogens (tertiary/aromatic N) is 1. The Balaban J connectivity index is 1.93. The quantitative estimate of drug-likeness (QED) is 0.922. The van der Waals surface area contributed by atoms with Crippen molar-refractivity contribution >= 4 is 17.5 Å². The normalized spacial score (nSPS) is 22.6. The molecule has 1 atom stereocenters. The van der Waals surface area contributed by atoms with Crippen molar-refractivity contribution in [3.8, 4) is 0 Å². The third kappa shape index (κ3) is 3.70. The molecule has 5 heteroatoms. The average Bonchev–Trinajstić information content (AvgIpc) is 2.56. The molecule has 126 valence electrons. The van der Waals surface area contributed by atoms with Gasteiger partial charge in [0.05, 0.1) is 24.7 Å². The molecule has 23 heavy (non-hydrogen) atoms. The average molecular weight is 338 g/mol. The number of carbonyl (C=O) groups is 1. The molecular formula is C18H24ClNO3. The SMILES string of the molecule is O=C(C(c1cccc(Cl)c1)C1(O)CCCCC1)N1CCOCC1. The summed E-state index contributed by atoms with van der Waals surface area (Å²) in [6.45, 7) is 2.30. The van der Waals surface area contributed by atoms with Crippen molar-refractivity contribution in [1.82, 2.24) is 4.90 Å². The number of rotatable bonds is 3. The molecule has 1 aliphatic carbocycles. The maximum atomic E-state index is 13.2. The van der Waals surface area contributed by atoms with Crippen molar-refractivity contribution in [2.45, 2.75) is 43.6 Å². The van der Waals surface area contributed by atoms with Gasteiger partial charge in [-0.15, -0.1) is 0 Å². The molecular weight excluding hydrogens is 314 g/mol. The molecule has 0 bridgehead atoms. The summed E-state index contributed by atoms with van der Waals surface area (Å²) in [6, 6.07) is 7.37. The first-order valence-electron chi connectivity index (χ1n) is 8.44. The number of ether oxygens (including phenoxy) is 1. The molecule has 4 nitrogen and oxygen atoms in total. The van der Waals surface area contributed by atoms with E-state index in [0.29, 0.717) is 44.2 Å². The largest absolute Gasteiger partial charge is 0.389 e. The molecule has 2 aliphatic rings. The summed E-state index contributed by atoms with van der Waals surface area (Å²) < 4.78 is 5.35. The Bertz CT molecular complexity index is 551. The molecule has 0 aromatic heterocycles. The Morgan fingerprint density at radius 3 is 2.57 bits per heavy atom. The van der Waals surface area contributed by atoms with E-state index in [0.717, 1.165) is 24.8 Å². The lowest BCUT2D eigenvalue weighted by atomic mass is 9.72. The van der Waals surface area contributed by atoms with Crippen LogP contribution in [0.15, 0.2) is 24.3 Å². The highest BCUT2D eigenvalue weighted by Gasteiger charge is 2.44. The monoisotopic (exact) mass is 337 g/mol. The van der Waals surface area contributed by atoms with Gasteiger partial charge in [0.1, 0.15) is 0 Å². The number of halogens is 1. The van der Waals surface area contributed by atoms with E-state index in [-0.39, 0.29) is 5.91 Å². The van der Waals surface area contributed by atoms with Crippen LogP contribution in [0.5, 0.6) is 0 Å². The predicted molar refractivity (Wildman–Crippen MR) is 89.6 cm³/mol. The van der Waals surface area contributed by atoms with Gasteiger partial charge >= 0.3 is 0 Å². The first-order chi connectivity index (χ1) is 11.1. The van der Waals surface area contributed by atoms with Gasteiger partial charge in [-0.25, -0.2) is 0 Å². The molecule has 3 rings (SSSR count). The molecule has 0 spiro atoms. The Morgan fingerprint density at radius 1 is 1.22 bits per heavy atom. The van der Waals surface area contributed by atoms with Crippen LogP contribution in [0.1, 0.15) is 43.6 Å². The molecule has 2 fully saturated rings. The highest BCUT2D eigenvalue weighted by atomic mass is 35.5.